The van der Waals surface area contributed by atoms with Crippen LogP contribution in [-0.4, -0.2) is 8.76 Å². The number of hydrogen-bond acceptors (Lipinski definition) is 2. The molecule has 0 aliphatic heterocycles. The predicted octanol–water partition coefficient (Wildman–Crippen LogP) is 4.72. The van der Waals surface area contributed by atoms with Gasteiger partial charge in [-0.1, -0.05) is 114 Å². The van der Waals surface area contributed by atoms with Crippen molar-refractivity contribution < 1.29 is 38.3 Å². The summed E-state index contributed by atoms with van der Waals surface area (Å²) in [6.45, 7) is 2.27. The van der Waals surface area contributed by atoms with E-state index in [0.29, 0.717) is 4.90 Å². The summed E-state index contributed by atoms with van der Waals surface area (Å²) in [7, 11) is 0. The largest absolute Gasteiger partial charge is 1.00 e. The van der Waals surface area contributed by atoms with Crippen LogP contribution in [0.2, 0.25) is 0 Å². The molecule has 0 heterocycles. The molecular weight excluding hydrogens is 387 g/mol. The molecule has 0 fully saturated rings. The van der Waals surface area contributed by atoms with Gasteiger partial charge < -0.3 is 4.55 Å². The molecule has 29 heavy (non-hydrogen) atoms. The molecule has 0 saturated carbocycles. The van der Waals surface area contributed by atoms with Gasteiger partial charge in [-0.05, 0) is 46.3 Å². The van der Waals surface area contributed by atoms with Crippen LogP contribution in [0.4, 0.5) is 0 Å². The van der Waals surface area contributed by atoms with Gasteiger partial charge >= 0.3 is 29.6 Å². The number of fused-ring (bicyclic) bond motifs is 1. The second-order valence-corrected chi connectivity index (χ2v) is 8.90. The van der Waals surface area contributed by atoms with Crippen LogP contribution in [0.5, 0.6) is 0 Å². The Morgan fingerprint density at radius 1 is 0.690 bits per heavy atom. The number of unbranched alkanes of at least 4 members (excludes halogenated alkanes) is 12. The number of rotatable bonds is 15. The van der Waals surface area contributed by atoms with Crippen molar-refractivity contribution >= 4 is 21.9 Å². The fourth-order valence-corrected chi connectivity index (χ4v) is 4.59. The summed E-state index contributed by atoms with van der Waals surface area (Å²) in [6, 6.07) is 11.6. The van der Waals surface area contributed by atoms with Gasteiger partial charge in [0.05, 0.1) is 0 Å². The number of aryl methyl sites for hydroxylation is 1. The Kier molecular flexibility index (Phi) is 15.3. The second-order valence-electron chi connectivity index (χ2n) is 8.00. The molecule has 156 valence electrons. The first-order chi connectivity index (χ1) is 13.7. The number of hydrogen-bond donors (Lipinski definition) is 0. The van der Waals surface area contributed by atoms with Gasteiger partial charge in [0.15, 0.2) is 0 Å². The Balaban J connectivity index is 0.00000420. The van der Waals surface area contributed by atoms with Crippen LogP contribution in [0.25, 0.3) is 10.8 Å². The SMILES string of the molecule is CCCCCCCCCCCCCCCc1cccc2c(S(=O)[O-])cccc12.[Na+]. The van der Waals surface area contributed by atoms with E-state index in [4.69, 9.17) is 0 Å². The molecule has 1 unspecified atom stereocenters. The zero-order valence-corrected chi connectivity index (χ0v) is 21.4. The van der Waals surface area contributed by atoms with E-state index in [2.05, 4.69) is 13.0 Å². The summed E-state index contributed by atoms with van der Waals surface area (Å²) in [5.41, 5.74) is 1.27. The van der Waals surface area contributed by atoms with Crippen molar-refractivity contribution in [2.45, 2.75) is 102 Å². The summed E-state index contributed by atoms with van der Waals surface area (Å²) in [5.74, 6) is 0. The smallest absolute Gasteiger partial charge is 0.768 e. The molecule has 0 N–H and O–H groups in total. The minimum atomic E-state index is -2.18. The van der Waals surface area contributed by atoms with E-state index in [-0.39, 0.29) is 29.6 Å². The van der Waals surface area contributed by atoms with Gasteiger partial charge in [-0.2, -0.15) is 0 Å². The summed E-state index contributed by atoms with van der Waals surface area (Å²) in [4.78, 5) is 0.407. The zero-order valence-electron chi connectivity index (χ0n) is 18.6. The van der Waals surface area contributed by atoms with Crippen molar-refractivity contribution in [3.05, 3.63) is 42.0 Å². The molecule has 0 saturated heterocycles. The van der Waals surface area contributed by atoms with Gasteiger partial charge in [-0.3, -0.25) is 4.21 Å². The molecular formula is C25H37NaO2S. The summed E-state index contributed by atoms with van der Waals surface area (Å²) < 4.78 is 22.8. The molecule has 0 bridgehead atoms. The number of benzene rings is 2. The van der Waals surface area contributed by atoms with Crippen molar-refractivity contribution in [3.63, 3.8) is 0 Å². The third-order valence-electron chi connectivity index (χ3n) is 5.70. The van der Waals surface area contributed by atoms with E-state index < -0.39 is 11.1 Å². The minimum absolute atomic E-state index is 0. The maximum Gasteiger partial charge on any atom is 1.00 e. The van der Waals surface area contributed by atoms with Crippen molar-refractivity contribution in [3.8, 4) is 0 Å². The van der Waals surface area contributed by atoms with E-state index in [1.165, 1.54) is 89.0 Å². The molecule has 2 aromatic carbocycles. The normalized spacial score (nSPS) is 12.1. The summed E-state index contributed by atoms with van der Waals surface area (Å²) in [5, 5.41) is 1.94. The first kappa shape index (κ1) is 26.8. The molecule has 0 aliphatic carbocycles. The third-order valence-corrected chi connectivity index (χ3v) is 6.42. The van der Waals surface area contributed by atoms with Gasteiger partial charge in [0, 0.05) is 4.90 Å². The Labute approximate surface area is 202 Å². The Morgan fingerprint density at radius 2 is 1.17 bits per heavy atom. The molecule has 2 rings (SSSR count). The standard InChI is InChI=1S/C25H38O2S.Na/c1-2-3-4-5-6-7-8-9-10-11-12-13-14-17-22-18-15-20-24-23(22)19-16-21-25(24)28(26)27;/h15-16,18-21H,2-14,17H2,1H3,(H,26,27);/q;+1/p-1. The topological polar surface area (TPSA) is 40.1 Å². The Morgan fingerprint density at radius 3 is 1.72 bits per heavy atom. The third kappa shape index (κ3) is 10.1. The van der Waals surface area contributed by atoms with Gasteiger partial charge in [-0.15, -0.1) is 0 Å². The van der Waals surface area contributed by atoms with Gasteiger partial charge in [-0.25, -0.2) is 0 Å². The van der Waals surface area contributed by atoms with Gasteiger partial charge in [0.2, 0.25) is 0 Å². The Hall–Kier alpha value is -0.190. The summed E-state index contributed by atoms with van der Waals surface area (Å²) >= 11 is -2.18. The van der Waals surface area contributed by atoms with Crippen LogP contribution in [0.15, 0.2) is 41.3 Å². The minimum Gasteiger partial charge on any atom is -0.768 e. The van der Waals surface area contributed by atoms with E-state index in [1.54, 1.807) is 6.07 Å². The summed E-state index contributed by atoms with van der Waals surface area (Å²) in [6.07, 6.45) is 18.7. The van der Waals surface area contributed by atoms with Crippen molar-refractivity contribution in [1.82, 2.24) is 0 Å². The van der Waals surface area contributed by atoms with Crippen LogP contribution >= 0.6 is 0 Å². The molecule has 4 heteroatoms. The average molecular weight is 425 g/mol. The van der Waals surface area contributed by atoms with Crippen LogP contribution in [-0.2, 0) is 17.5 Å². The van der Waals surface area contributed by atoms with Crippen LogP contribution < -0.4 is 29.6 Å². The van der Waals surface area contributed by atoms with Gasteiger partial charge in [0.25, 0.3) is 0 Å². The molecule has 1 atom stereocenters. The average Bonchev–Trinajstić information content (AvgIpc) is 2.71. The molecule has 0 radical (unpaired) electrons. The van der Waals surface area contributed by atoms with E-state index in [1.807, 2.05) is 24.3 Å². The van der Waals surface area contributed by atoms with Crippen molar-refractivity contribution in [1.29, 1.82) is 0 Å². The maximum atomic E-state index is 11.4. The van der Waals surface area contributed by atoms with Gasteiger partial charge in [0.1, 0.15) is 0 Å². The molecule has 2 nitrogen and oxygen atoms in total. The first-order valence-electron chi connectivity index (χ1n) is 11.3. The van der Waals surface area contributed by atoms with E-state index in [9.17, 15) is 8.76 Å². The fourth-order valence-electron chi connectivity index (χ4n) is 4.04. The monoisotopic (exact) mass is 424 g/mol. The predicted molar refractivity (Wildman–Crippen MR) is 121 cm³/mol. The molecule has 2 aromatic rings. The molecule has 0 spiro atoms. The first-order valence-corrected chi connectivity index (χ1v) is 12.4. The quantitative estimate of drug-likeness (QED) is 0.236. The van der Waals surface area contributed by atoms with Crippen LogP contribution in [0.1, 0.15) is 96.0 Å². The molecule has 0 aromatic heterocycles. The Bertz CT molecular complexity index is 717. The van der Waals surface area contributed by atoms with Crippen LogP contribution in [0.3, 0.4) is 0 Å². The fraction of sp³-hybridized carbons (Fsp3) is 0.600. The van der Waals surface area contributed by atoms with Crippen LogP contribution in [0, 0.1) is 0 Å². The van der Waals surface area contributed by atoms with Crippen molar-refractivity contribution in [2.24, 2.45) is 0 Å². The van der Waals surface area contributed by atoms with E-state index in [0.717, 1.165) is 17.2 Å². The molecule has 0 aliphatic rings. The zero-order chi connectivity index (χ0) is 20.0. The molecule has 0 amide bonds. The van der Waals surface area contributed by atoms with Crippen molar-refractivity contribution in [2.75, 3.05) is 0 Å². The maximum absolute atomic E-state index is 11.4. The van der Waals surface area contributed by atoms with E-state index >= 15 is 0 Å². The second kappa shape index (κ2) is 16.5.